The highest BCUT2D eigenvalue weighted by Gasteiger charge is 2.10. The number of nitrogens with one attached hydrogen (secondary N) is 1. The van der Waals surface area contributed by atoms with E-state index in [0.29, 0.717) is 6.04 Å². The van der Waals surface area contributed by atoms with Crippen molar-refractivity contribution >= 4 is 11.4 Å². The van der Waals surface area contributed by atoms with Crippen molar-refractivity contribution in [3.63, 3.8) is 0 Å². The topological polar surface area (TPSA) is 55.2 Å². The molecule has 0 saturated heterocycles. The van der Waals surface area contributed by atoms with Crippen molar-refractivity contribution in [3.05, 3.63) is 33.9 Å². The van der Waals surface area contributed by atoms with Crippen LogP contribution in [0.15, 0.2) is 18.2 Å². The van der Waals surface area contributed by atoms with Crippen LogP contribution in [0, 0.1) is 17.0 Å². The van der Waals surface area contributed by atoms with Gasteiger partial charge in [0.1, 0.15) is 0 Å². The third-order valence-electron chi connectivity index (χ3n) is 3.07. The van der Waals surface area contributed by atoms with E-state index in [2.05, 4.69) is 19.2 Å². The van der Waals surface area contributed by atoms with E-state index < -0.39 is 0 Å². The summed E-state index contributed by atoms with van der Waals surface area (Å²) in [4.78, 5) is 10.4. The van der Waals surface area contributed by atoms with Crippen LogP contribution in [0.3, 0.4) is 0 Å². The average Bonchev–Trinajstić information content (AvgIpc) is 2.32. The monoisotopic (exact) mass is 250 g/mol. The SMILES string of the molecule is CCCCCC(C)Nc1cc([N+](=O)[O-])ccc1C. The van der Waals surface area contributed by atoms with Gasteiger partial charge in [-0.1, -0.05) is 32.3 Å². The van der Waals surface area contributed by atoms with Gasteiger partial charge in [0.15, 0.2) is 0 Å². The third kappa shape index (κ3) is 4.35. The quantitative estimate of drug-likeness (QED) is 0.446. The third-order valence-corrected chi connectivity index (χ3v) is 3.07. The smallest absolute Gasteiger partial charge is 0.271 e. The molecular weight excluding hydrogens is 228 g/mol. The summed E-state index contributed by atoms with van der Waals surface area (Å²) in [6.07, 6.45) is 4.73. The molecule has 0 spiro atoms. The summed E-state index contributed by atoms with van der Waals surface area (Å²) in [5.41, 5.74) is 2.06. The van der Waals surface area contributed by atoms with Gasteiger partial charge in [-0.25, -0.2) is 0 Å². The van der Waals surface area contributed by atoms with E-state index in [0.717, 1.165) is 17.7 Å². The molecule has 1 atom stereocenters. The first-order valence-electron chi connectivity index (χ1n) is 6.56. The summed E-state index contributed by atoms with van der Waals surface area (Å²) in [5.74, 6) is 0. The number of nitro benzene ring substituents is 1. The maximum atomic E-state index is 10.7. The Labute approximate surface area is 109 Å². The molecule has 18 heavy (non-hydrogen) atoms. The Kier molecular flexibility index (Phi) is 5.62. The number of hydrogen-bond acceptors (Lipinski definition) is 3. The minimum Gasteiger partial charge on any atom is -0.382 e. The van der Waals surface area contributed by atoms with Gasteiger partial charge in [-0.15, -0.1) is 0 Å². The van der Waals surface area contributed by atoms with Crippen LogP contribution in [-0.2, 0) is 0 Å². The van der Waals surface area contributed by atoms with Gasteiger partial charge in [0.25, 0.3) is 5.69 Å². The van der Waals surface area contributed by atoms with Crippen LogP contribution in [0.25, 0.3) is 0 Å². The zero-order valence-electron chi connectivity index (χ0n) is 11.4. The molecule has 0 aliphatic rings. The lowest BCUT2D eigenvalue weighted by Crippen LogP contribution is -2.15. The first-order valence-corrected chi connectivity index (χ1v) is 6.56. The largest absolute Gasteiger partial charge is 0.382 e. The molecule has 1 N–H and O–H groups in total. The molecule has 4 nitrogen and oxygen atoms in total. The van der Waals surface area contributed by atoms with Crippen molar-refractivity contribution in [2.45, 2.75) is 52.5 Å². The fraction of sp³-hybridized carbons (Fsp3) is 0.571. The second kappa shape index (κ2) is 6.99. The number of hydrogen-bond donors (Lipinski definition) is 1. The fourth-order valence-electron chi connectivity index (χ4n) is 1.92. The Morgan fingerprint density at radius 1 is 1.39 bits per heavy atom. The van der Waals surface area contributed by atoms with Gasteiger partial charge in [0.2, 0.25) is 0 Å². The number of nitrogens with zero attached hydrogens (tertiary/aromatic N) is 1. The first-order chi connectivity index (χ1) is 8.54. The zero-order valence-corrected chi connectivity index (χ0v) is 11.4. The molecule has 1 aromatic carbocycles. The Morgan fingerprint density at radius 2 is 2.11 bits per heavy atom. The second-order valence-electron chi connectivity index (χ2n) is 4.80. The van der Waals surface area contributed by atoms with Gasteiger partial charge >= 0.3 is 0 Å². The van der Waals surface area contributed by atoms with E-state index in [9.17, 15) is 10.1 Å². The molecule has 1 rings (SSSR count). The molecular formula is C14H22N2O2. The molecule has 0 aliphatic carbocycles. The highest BCUT2D eigenvalue weighted by Crippen LogP contribution is 2.23. The minimum atomic E-state index is -0.355. The number of anilines is 1. The van der Waals surface area contributed by atoms with E-state index in [-0.39, 0.29) is 10.6 Å². The number of non-ortho nitro benzene ring substituents is 1. The Bertz CT molecular complexity index is 405. The number of aryl methyl sites for hydroxylation is 1. The van der Waals surface area contributed by atoms with Crippen LogP contribution in [-0.4, -0.2) is 11.0 Å². The lowest BCUT2D eigenvalue weighted by molar-refractivity contribution is -0.384. The van der Waals surface area contributed by atoms with Crippen LogP contribution in [0.1, 0.15) is 45.1 Å². The molecule has 0 heterocycles. The molecule has 0 bridgehead atoms. The lowest BCUT2D eigenvalue weighted by atomic mass is 10.1. The number of rotatable bonds is 7. The summed E-state index contributed by atoms with van der Waals surface area (Å²) in [6.45, 7) is 6.27. The summed E-state index contributed by atoms with van der Waals surface area (Å²) in [7, 11) is 0. The van der Waals surface area contributed by atoms with Crippen LogP contribution >= 0.6 is 0 Å². The van der Waals surface area contributed by atoms with E-state index >= 15 is 0 Å². The van der Waals surface area contributed by atoms with Crippen molar-refractivity contribution < 1.29 is 4.92 Å². The van der Waals surface area contributed by atoms with Crippen molar-refractivity contribution in [3.8, 4) is 0 Å². The summed E-state index contributed by atoms with van der Waals surface area (Å²) in [5, 5.41) is 14.1. The summed E-state index contributed by atoms with van der Waals surface area (Å²) >= 11 is 0. The maximum absolute atomic E-state index is 10.7. The van der Waals surface area contributed by atoms with Crippen LogP contribution < -0.4 is 5.32 Å². The van der Waals surface area contributed by atoms with E-state index in [1.54, 1.807) is 18.2 Å². The first kappa shape index (κ1) is 14.5. The molecule has 0 aliphatic heterocycles. The van der Waals surface area contributed by atoms with Crippen molar-refractivity contribution in [2.24, 2.45) is 0 Å². The van der Waals surface area contributed by atoms with E-state index in [4.69, 9.17) is 0 Å². The molecule has 0 amide bonds. The highest BCUT2D eigenvalue weighted by molar-refractivity contribution is 5.57. The van der Waals surface area contributed by atoms with Gasteiger partial charge in [0.05, 0.1) is 4.92 Å². The molecule has 1 aromatic rings. The van der Waals surface area contributed by atoms with Gasteiger partial charge in [-0.3, -0.25) is 10.1 Å². The number of unbranched alkanes of at least 4 members (excludes halogenated alkanes) is 2. The normalized spacial score (nSPS) is 12.2. The standard InChI is InChI=1S/C14H22N2O2/c1-4-5-6-7-12(3)15-14-10-13(16(17)18)9-8-11(14)2/h8-10,12,15H,4-7H2,1-3H3. The van der Waals surface area contributed by atoms with Crippen molar-refractivity contribution in [1.82, 2.24) is 0 Å². The molecule has 0 aromatic heterocycles. The van der Waals surface area contributed by atoms with Gasteiger partial charge in [-0.05, 0) is 25.8 Å². The van der Waals surface area contributed by atoms with Crippen LogP contribution in [0.4, 0.5) is 11.4 Å². The Morgan fingerprint density at radius 3 is 2.72 bits per heavy atom. The lowest BCUT2D eigenvalue weighted by Gasteiger charge is -2.16. The zero-order chi connectivity index (χ0) is 13.5. The Balaban J connectivity index is 2.65. The van der Waals surface area contributed by atoms with E-state index in [1.807, 2.05) is 6.92 Å². The number of benzene rings is 1. The molecule has 0 saturated carbocycles. The average molecular weight is 250 g/mol. The molecule has 0 radical (unpaired) electrons. The minimum absolute atomic E-state index is 0.142. The van der Waals surface area contributed by atoms with Crippen molar-refractivity contribution in [2.75, 3.05) is 5.32 Å². The van der Waals surface area contributed by atoms with Crippen LogP contribution in [0.2, 0.25) is 0 Å². The maximum Gasteiger partial charge on any atom is 0.271 e. The Hall–Kier alpha value is -1.58. The van der Waals surface area contributed by atoms with E-state index in [1.165, 1.54) is 19.3 Å². The fourth-order valence-corrected chi connectivity index (χ4v) is 1.92. The number of nitro groups is 1. The van der Waals surface area contributed by atoms with Gasteiger partial charge < -0.3 is 5.32 Å². The second-order valence-corrected chi connectivity index (χ2v) is 4.80. The summed E-state index contributed by atoms with van der Waals surface area (Å²) in [6, 6.07) is 5.30. The van der Waals surface area contributed by atoms with Gasteiger partial charge in [-0.2, -0.15) is 0 Å². The summed E-state index contributed by atoms with van der Waals surface area (Å²) < 4.78 is 0. The predicted molar refractivity (Wildman–Crippen MR) is 75.1 cm³/mol. The molecule has 4 heteroatoms. The molecule has 100 valence electrons. The van der Waals surface area contributed by atoms with Crippen LogP contribution in [0.5, 0.6) is 0 Å². The van der Waals surface area contributed by atoms with Crippen molar-refractivity contribution in [1.29, 1.82) is 0 Å². The molecule has 0 fully saturated rings. The van der Waals surface area contributed by atoms with Gasteiger partial charge in [0, 0.05) is 23.9 Å². The predicted octanol–water partition coefficient (Wildman–Crippen LogP) is 4.28. The molecule has 1 unspecified atom stereocenters. The highest BCUT2D eigenvalue weighted by atomic mass is 16.6.